The lowest BCUT2D eigenvalue weighted by Gasteiger charge is -2.36. The van der Waals surface area contributed by atoms with Gasteiger partial charge in [-0.3, -0.25) is 14.7 Å². The third-order valence-electron chi connectivity index (χ3n) is 4.41. The highest BCUT2D eigenvalue weighted by Crippen LogP contribution is 2.29. The smallest absolute Gasteiger partial charge is 0.234 e. The van der Waals surface area contributed by atoms with Gasteiger partial charge in [-0.25, -0.2) is 0 Å². The number of nitrogens with one attached hydrogen (secondary N) is 2. The van der Waals surface area contributed by atoms with Crippen LogP contribution in [0.2, 0.25) is 0 Å². The van der Waals surface area contributed by atoms with Crippen LogP contribution in [-0.2, 0) is 11.3 Å². The van der Waals surface area contributed by atoms with Crippen LogP contribution in [0.5, 0.6) is 5.75 Å². The van der Waals surface area contributed by atoms with Gasteiger partial charge in [-0.15, -0.1) is 24.8 Å². The highest BCUT2D eigenvalue weighted by molar-refractivity contribution is 5.85. The van der Waals surface area contributed by atoms with Crippen LogP contribution in [0.25, 0.3) is 0 Å². The molecule has 2 aromatic rings. The monoisotopic (exact) mass is 412 g/mol. The number of aromatic nitrogens is 1. The topological polar surface area (TPSA) is 66.5 Å². The van der Waals surface area contributed by atoms with Crippen LogP contribution in [0.3, 0.4) is 0 Å². The molecule has 0 bridgehead atoms. The van der Waals surface area contributed by atoms with E-state index in [0.29, 0.717) is 13.1 Å². The minimum Gasteiger partial charge on any atom is -0.496 e. The molecule has 0 radical (unpaired) electrons. The van der Waals surface area contributed by atoms with E-state index in [9.17, 15) is 4.79 Å². The fraction of sp³-hybridized carbons (Fsp3) is 0.368. The summed E-state index contributed by atoms with van der Waals surface area (Å²) in [4.78, 5) is 18.7. The molecule has 1 amide bonds. The van der Waals surface area contributed by atoms with E-state index in [4.69, 9.17) is 4.74 Å². The molecule has 0 spiro atoms. The molecular formula is C19H26Cl2N4O2. The fourth-order valence-corrected chi connectivity index (χ4v) is 3.13. The molecule has 1 aliphatic rings. The minimum absolute atomic E-state index is 0. The lowest BCUT2D eigenvalue weighted by molar-refractivity contribution is -0.123. The summed E-state index contributed by atoms with van der Waals surface area (Å²) < 4.78 is 5.50. The largest absolute Gasteiger partial charge is 0.496 e. The maximum atomic E-state index is 12.4. The Hall–Kier alpha value is -1.86. The Morgan fingerprint density at radius 3 is 2.85 bits per heavy atom. The number of pyridine rings is 1. The SMILES string of the molecule is COc1ccccc1C1CNCCN1CC(=O)NCc1cccnc1.Cl.Cl. The van der Waals surface area contributed by atoms with E-state index < -0.39 is 0 Å². The van der Waals surface area contributed by atoms with Gasteiger partial charge in [0.15, 0.2) is 0 Å². The summed E-state index contributed by atoms with van der Waals surface area (Å²) in [6.07, 6.45) is 3.49. The standard InChI is InChI=1S/C19H24N4O2.2ClH/c1-25-18-7-3-2-6-16(18)17-13-21-9-10-23(17)14-19(24)22-12-15-5-4-8-20-11-15;;/h2-8,11,17,21H,9-10,12-14H2,1H3,(H,22,24);2*1H. The Kier molecular flexibility index (Phi) is 10.1. The van der Waals surface area contributed by atoms with Crippen molar-refractivity contribution in [2.24, 2.45) is 0 Å². The van der Waals surface area contributed by atoms with Crippen LogP contribution in [0.15, 0.2) is 48.8 Å². The Labute approximate surface area is 172 Å². The number of rotatable bonds is 6. The molecule has 2 heterocycles. The number of hydrogen-bond acceptors (Lipinski definition) is 5. The van der Waals surface area contributed by atoms with Crippen LogP contribution >= 0.6 is 24.8 Å². The molecular weight excluding hydrogens is 387 g/mol. The van der Waals surface area contributed by atoms with Crippen molar-refractivity contribution in [3.05, 3.63) is 59.9 Å². The Balaban J connectivity index is 0.00000182. The second-order valence-corrected chi connectivity index (χ2v) is 6.07. The number of methoxy groups -OCH3 is 1. The van der Waals surface area contributed by atoms with Crippen molar-refractivity contribution in [3.8, 4) is 5.75 Å². The van der Waals surface area contributed by atoms with E-state index in [1.54, 1.807) is 19.5 Å². The number of ether oxygens (including phenoxy) is 1. The summed E-state index contributed by atoms with van der Waals surface area (Å²) in [6.45, 7) is 3.36. The first-order chi connectivity index (χ1) is 12.3. The summed E-state index contributed by atoms with van der Waals surface area (Å²) in [6, 6.07) is 11.9. The summed E-state index contributed by atoms with van der Waals surface area (Å²) in [7, 11) is 1.68. The highest BCUT2D eigenvalue weighted by atomic mass is 35.5. The normalized spacial score (nSPS) is 16.6. The molecule has 148 valence electrons. The summed E-state index contributed by atoms with van der Waals surface area (Å²) in [5.74, 6) is 0.877. The molecule has 27 heavy (non-hydrogen) atoms. The van der Waals surface area contributed by atoms with Gasteiger partial charge >= 0.3 is 0 Å². The average Bonchev–Trinajstić information content (AvgIpc) is 2.67. The van der Waals surface area contributed by atoms with E-state index in [1.807, 2.05) is 30.3 Å². The van der Waals surface area contributed by atoms with E-state index in [2.05, 4.69) is 26.6 Å². The number of carbonyl (C=O) groups excluding carboxylic acids is 1. The first-order valence-corrected chi connectivity index (χ1v) is 8.51. The summed E-state index contributed by atoms with van der Waals surface area (Å²) >= 11 is 0. The van der Waals surface area contributed by atoms with Crippen LogP contribution in [0.1, 0.15) is 17.2 Å². The van der Waals surface area contributed by atoms with Crippen LogP contribution < -0.4 is 15.4 Å². The first-order valence-electron chi connectivity index (χ1n) is 8.51. The quantitative estimate of drug-likeness (QED) is 0.760. The lowest BCUT2D eigenvalue weighted by Crippen LogP contribution is -2.49. The number of piperazine rings is 1. The molecule has 1 atom stereocenters. The van der Waals surface area contributed by atoms with Gasteiger partial charge in [-0.2, -0.15) is 0 Å². The molecule has 1 saturated heterocycles. The first kappa shape index (κ1) is 23.2. The van der Waals surface area contributed by atoms with Crippen molar-refractivity contribution in [2.75, 3.05) is 33.3 Å². The zero-order valence-electron chi connectivity index (χ0n) is 15.3. The second kappa shape index (κ2) is 11.8. The molecule has 1 aliphatic heterocycles. The van der Waals surface area contributed by atoms with Crippen molar-refractivity contribution in [1.29, 1.82) is 0 Å². The molecule has 0 aliphatic carbocycles. The van der Waals surface area contributed by atoms with Crippen LogP contribution in [-0.4, -0.2) is 49.1 Å². The molecule has 0 saturated carbocycles. The van der Waals surface area contributed by atoms with E-state index in [-0.39, 0.29) is 36.8 Å². The summed E-state index contributed by atoms with van der Waals surface area (Å²) in [5.41, 5.74) is 2.11. The average molecular weight is 413 g/mol. The molecule has 1 fully saturated rings. The molecule has 1 aromatic carbocycles. The summed E-state index contributed by atoms with van der Waals surface area (Å²) in [5, 5.41) is 6.38. The Morgan fingerprint density at radius 2 is 2.11 bits per heavy atom. The fourth-order valence-electron chi connectivity index (χ4n) is 3.13. The Morgan fingerprint density at radius 1 is 1.30 bits per heavy atom. The molecule has 6 nitrogen and oxygen atoms in total. The van der Waals surface area contributed by atoms with Gasteiger partial charge in [0.05, 0.1) is 19.7 Å². The molecule has 1 unspecified atom stereocenters. The van der Waals surface area contributed by atoms with Crippen molar-refractivity contribution in [1.82, 2.24) is 20.5 Å². The van der Waals surface area contributed by atoms with Crippen molar-refractivity contribution >= 4 is 30.7 Å². The number of carbonyl (C=O) groups is 1. The van der Waals surface area contributed by atoms with E-state index >= 15 is 0 Å². The third-order valence-corrected chi connectivity index (χ3v) is 4.41. The number of amides is 1. The van der Waals surface area contributed by atoms with Crippen molar-refractivity contribution in [2.45, 2.75) is 12.6 Å². The number of benzene rings is 1. The van der Waals surface area contributed by atoms with Gasteiger partial charge in [0, 0.05) is 44.1 Å². The zero-order chi connectivity index (χ0) is 17.5. The van der Waals surface area contributed by atoms with Gasteiger partial charge in [0.25, 0.3) is 0 Å². The number of hydrogen-bond donors (Lipinski definition) is 2. The minimum atomic E-state index is 0. The van der Waals surface area contributed by atoms with Crippen molar-refractivity contribution in [3.63, 3.8) is 0 Å². The highest BCUT2D eigenvalue weighted by Gasteiger charge is 2.27. The predicted molar refractivity (Wildman–Crippen MR) is 111 cm³/mol. The molecule has 3 rings (SSSR count). The van der Waals surface area contributed by atoms with E-state index in [0.717, 1.165) is 36.5 Å². The van der Waals surface area contributed by atoms with Crippen LogP contribution in [0.4, 0.5) is 0 Å². The lowest BCUT2D eigenvalue weighted by atomic mass is 10.0. The number of nitrogens with zero attached hydrogens (tertiary/aromatic N) is 2. The molecule has 1 aromatic heterocycles. The second-order valence-electron chi connectivity index (χ2n) is 6.07. The van der Waals surface area contributed by atoms with Gasteiger partial charge in [0.1, 0.15) is 5.75 Å². The van der Waals surface area contributed by atoms with Crippen molar-refractivity contribution < 1.29 is 9.53 Å². The van der Waals surface area contributed by atoms with Gasteiger partial charge in [-0.1, -0.05) is 24.3 Å². The van der Waals surface area contributed by atoms with Crippen LogP contribution in [0, 0.1) is 0 Å². The number of para-hydroxylation sites is 1. The Bertz CT molecular complexity index is 703. The van der Waals surface area contributed by atoms with Gasteiger partial charge < -0.3 is 15.4 Å². The zero-order valence-corrected chi connectivity index (χ0v) is 16.9. The maximum Gasteiger partial charge on any atom is 0.234 e. The van der Waals surface area contributed by atoms with Gasteiger partial charge in [0.2, 0.25) is 5.91 Å². The third kappa shape index (κ3) is 6.36. The molecule has 8 heteroatoms. The number of halogens is 2. The maximum absolute atomic E-state index is 12.4. The van der Waals surface area contributed by atoms with Gasteiger partial charge in [-0.05, 0) is 17.7 Å². The molecule has 2 N–H and O–H groups in total. The predicted octanol–water partition coefficient (Wildman–Crippen LogP) is 2.20. The van der Waals surface area contributed by atoms with E-state index in [1.165, 1.54) is 0 Å².